The normalized spacial score (nSPS) is 22.8. The highest BCUT2D eigenvalue weighted by molar-refractivity contribution is 5.26. The van der Waals surface area contributed by atoms with Crippen molar-refractivity contribution >= 4 is 0 Å². The highest BCUT2D eigenvalue weighted by Gasteiger charge is 2.44. The molecule has 1 fully saturated rings. The van der Waals surface area contributed by atoms with Gasteiger partial charge in [0.15, 0.2) is 0 Å². The molecule has 2 rings (SSSR count). The minimum absolute atomic E-state index is 0.150. The van der Waals surface area contributed by atoms with Gasteiger partial charge in [-0.15, -0.1) is 0 Å². The number of halogens is 1. The fourth-order valence-corrected chi connectivity index (χ4v) is 1.91. The van der Waals surface area contributed by atoms with Crippen molar-refractivity contribution in [3.63, 3.8) is 0 Å². The molecule has 0 bridgehead atoms. The van der Waals surface area contributed by atoms with Crippen LogP contribution in [0.4, 0.5) is 4.39 Å². The summed E-state index contributed by atoms with van der Waals surface area (Å²) in [5, 5.41) is 3.50. The molecule has 1 aromatic carbocycles. The van der Waals surface area contributed by atoms with Crippen LogP contribution in [0.5, 0.6) is 0 Å². The predicted molar refractivity (Wildman–Crippen MR) is 60.2 cm³/mol. The Kier molecular flexibility index (Phi) is 2.55. The lowest BCUT2D eigenvalue weighted by molar-refractivity contribution is 0.540. The third kappa shape index (κ3) is 2.37. The van der Waals surface area contributed by atoms with Crippen LogP contribution in [0.1, 0.15) is 31.4 Å². The van der Waals surface area contributed by atoms with Crippen molar-refractivity contribution in [3.8, 4) is 0 Å². The lowest BCUT2D eigenvalue weighted by Gasteiger charge is -2.09. The second-order valence-electron chi connectivity index (χ2n) is 5.20. The molecule has 1 saturated carbocycles. The first kappa shape index (κ1) is 10.6. The number of aryl methyl sites for hydroxylation is 1. The molecule has 1 nitrogen and oxygen atoms in total. The molecule has 1 aromatic rings. The van der Waals surface area contributed by atoms with E-state index in [9.17, 15) is 4.39 Å². The summed E-state index contributed by atoms with van der Waals surface area (Å²) in [5.41, 5.74) is 2.67. The Morgan fingerprint density at radius 3 is 2.67 bits per heavy atom. The Hall–Kier alpha value is -0.890. The lowest BCUT2D eigenvalue weighted by atomic mass is 10.1. The molecule has 1 aliphatic carbocycles. The van der Waals surface area contributed by atoms with Crippen molar-refractivity contribution in [2.75, 3.05) is 0 Å². The average Bonchev–Trinajstić information content (AvgIpc) is 2.73. The van der Waals surface area contributed by atoms with Gasteiger partial charge < -0.3 is 5.32 Å². The first-order valence-corrected chi connectivity index (χ1v) is 5.47. The second kappa shape index (κ2) is 3.60. The Labute approximate surface area is 90.7 Å². The molecule has 1 atom stereocenters. The number of benzene rings is 1. The molecule has 15 heavy (non-hydrogen) atoms. The SMILES string of the molecule is Cc1cc(F)ccc1CNC1CC1(C)C. The summed E-state index contributed by atoms with van der Waals surface area (Å²) >= 11 is 0. The molecule has 0 amide bonds. The summed E-state index contributed by atoms with van der Waals surface area (Å²) in [7, 11) is 0. The summed E-state index contributed by atoms with van der Waals surface area (Å²) < 4.78 is 12.9. The quantitative estimate of drug-likeness (QED) is 0.803. The van der Waals surface area contributed by atoms with Gasteiger partial charge in [-0.2, -0.15) is 0 Å². The highest BCUT2D eigenvalue weighted by Crippen LogP contribution is 2.44. The molecular weight excluding hydrogens is 189 g/mol. The predicted octanol–water partition coefficient (Wildman–Crippen LogP) is 3.02. The van der Waals surface area contributed by atoms with Crippen LogP contribution < -0.4 is 5.32 Å². The fourth-order valence-electron chi connectivity index (χ4n) is 1.91. The van der Waals surface area contributed by atoms with Crippen molar-refractivity contribution in [2.24, 2.45) is 5.41 Å². The lowest BCUT2D eigenvalue weighted by Crippen LogP contribution is -2.20. The zero-order valence-corrected chi connectivity index (χ0v) is 9.60. The standard InChI is InChI=1S/C13H18FN/c1-9-6-11(14)5-4-10(9)8-15-12-7-13(12,2)3/h4-6,12,15H,7-8H2,1-3H3. The molecule has 0 heterocycles. The maximum Gasteiger partial charge on any atom is 0.123 e. The topological polar surface area (TPSA) is 12.0 Å². The van der Waals surface area contributed by atoms with E-state index in [0.717, 1.165) is 12.1 Å². The zero-order valence-electron chi connectivity index (χ0n) is 9.60. The molecule has 2 heteroatoms. The molecule has 0 saturated heterocycles. The Bertz CT molecular complexity index is 371. The van der Waals surface area contributed by atoms with Gasteiger partial charge in [0.2, 0.25) is 0 Å². The Balaban J connectivity index is 1.94. The second-order valence-corrected chi connectivity index (χ2v) is 5.20. The van der Waals surface area contributed by atoms with Gasteiger partial charge in [0, 0.05) is 12.6 Å². The van der Waals surface area contributed by atoms with Gasteiger partial charge in [0.25, 0.3) is 0 Å². The molecule has 1 N–H and O–H groups in total. The van der Waals surface area contributed by atoms with Gasteiger partial charge in [0.05, 0.1) is 0 Å². The molecule has 82 valence electrons. The monoisotopic (exact) mass is 207 g/mol. The number of hydrogen-bond donors (Lipinski definition) is 1. The van der Waals surface area contributed by atoms with Crippen molar-refractivity contribution in [2.45, 2.75) is 39.8 Å². The van der Waals surface area contributed by atoms with E-state index in [2.05, 4.69) is 19.2 Å². The van der Waals surface area contributed by atoms with Crippen LogP contribution in [0.3, 0.4) is 0 Å². The first-order chi connectivity index (χ1) is 6.99. The van der Waals surface area contributed by atoms with Crippen LogP contribution in [-0.2, 0) is 6.54 Å². The van der Waals surface area contributed by atoms with E-state index in [0.29, 0.717) is 11.5 Å². The summed E-state index contributed by atoms with van der Waals surface area (Å²) in [5.74, 6) is -0.150. The van der Waals surface area contributed by atoms with E-state index in [4.69, 9.17) is 0 Å². The first-order valence-electron chi connectivity index (χ1n) is 5.47. The van der Waals surface area contributed by atoms with Crippen LogP contribution in [0.2, 0.25) is 0 Å². The van der Waals surface area contributed by atoms with Gasteiger partial charge >= 0.3 is 0 Å². The number of nitrogens with one attached hydrogen (secondary N) is 1. The molecule has 0 spiro atoms. The van der Waals surface area contributed by atoms with E-state index >= 15 is 0 Å². The molecule has 0 aromatic heterocycles. The third-order valence-corrected chi connectivity index (χ3v) is 3.36. The van der Waals surface area contributed by atoms with Gasteiger partial charge in [-0.25, -0.2) is 4.39 Å². The average molecular weight is 207 g/mol. The van der Waals surface area contributed by atoms with Crippen molar-refractivity contribution in [3.05, 3.63) is 35.1 Å². The van der Waals surface area contributed by atoms with Gasteiger partial charge in [-0.05, 0) is 42.0 Å². The van der Waals surface area contributed by atoms with Crippen molar-refractivity contribution < 1.29 is 4.39 Å². The van der Waals surface area contributed by atoms with Crippen LogP contribution in [0, 0.1) is 18.2 Å². The minimum Gasteiger partial charge on any atom is -0.309 e. The molecule has 1 unspecified atom stereocenters. The minimum atomic E-state index is -0.150. The summed E-state index contributed by atoms with van der Waals surface area (Å²) in [6, 6.07) is 5.62. The van der Waals surface area contributed by atoms with E-state index in [1.54, 1.807) is 6.07 Å². The van der Waals surface area contributed by atoms with Crippen LogP contribution in [-0.4, -0.2) is 6.04 Å². The smallest absolute Gasteiger partial charge is 0.123 e. The van der Waals surface area contributed by atoms with Gasteiger partial charge in [0.1, 0.15) is 5.82 Å². The Morgan fingerprint density at radius 2 is 2.13 bits per heavy atom. The summed E-state index contributed by atoms with van der Waals surface area (Å²) in [4.78, 5) is 0. The Morgan fingerprint density at radius 1 is 1.47 bits per heavy atom. The summed E-state index contributed by atoms with van der Waals surface area (Å²) in [6.45, 7) is 7.34. The van der Waals surface area contributed by atoms with E-state index < -0.39 is 0 Å². The number of rotatable bonds is 3. The highest BCUT2D eigenvalue weighted by atomic mass is 19.1. The maximum absolute atomic E-state index is 12.9. The van der Waals surface area contributed by atoms with Crippen LogP contribution in [0.25, 0.3) is 0 Å². The molecule has 0 aliphatic heterocycles. The molecular formula is C13H18FN. The summed E-state index contributed by atoms with van der Waals surface area (Å²) in [6.07, 6.45) is 1.24. The van der Waals surface area contributed by atoms with E-state index in [-0.39, 0.29) is 5.82 Å². The fraction of sp³-hybridized carbons (Fsp3) is 0.538. The maximum atomic E-state index is 12.9. The number of hydrogen-bond acceptors (Lipinski definition) is 1. The van der Waals surface area contributed by atoms with Crippen LogP contribution in [0.15, 0.2) is 18.2 Å². The van der Waals surface area contributed by atoms with Gasteiger partial charge in [-0.1, -0.05) is 19.9 Å². The van der Waals surface area contributed by atoms with Crippen molar-refractivity contribution in [1.29, 1.82) is 0 Å². The third-order valence-electron chi connectivity index (χ3n) is 3.36. The zero-order chi connectivity index (χ0) is 11.1. The largest absolute Gasteiger partial charge is 0.309 e. The van der Waals surface area contributed by atoms with E-state index in [1.807, 2.05) is 13.0 Å². The molecule has 0 radical (unpaired) electrons. The van der Waals surface area contributed by atoms with Crippen LogP contribution >= 0.6 is 0 Å². The molecule has 1 aliphatic rings. The van der Waals surface area contributed by atoms with Gasteiger partial charge in [-0.3, -0.25) is 0 Å². The van der Waals surface area contributed by atoms with E-state index in [1.165, 1.54) is 18.1 Å². The van der Waals surface area contributed by atoms with Crippen molar-refractivity contribution in [1.82, 2.24) is 5.32 Å².